The van der Waals surface area contributed by atoms with Gasteiger partial charge in [0, 0.05) is 6.54 Å². The normalized spacial score (nSPS) is 20.4. The Labute approximate surface area is 156 Å². The molecule has 0 aliphatic carbocycles. The number of hydrogen-bond donors (Lipinski definition) is 0. The van der Waals surface area contributed by atoms with Gasteiger partial charge in [-0.2, -0.15) is 0 Å². The summed E-state index contributed by atoms with van der Waals surface area (Å²) < 4.78 is 10.3. The molecule has 5 heteroatoms. The molecule has 1 saturated heterocycles. The van der Waals surface area contributed by atoms with Crippen LogP contribution in [0, 0.1) is 5.92 Å². The van der Waals surface area contributed by atoms with Crippen LogP contribution in [0.1, 0.15) is 39.2 Å². The van der Waals surface area contributed by atoms with Gasteiger partial charge in [0.25, 0.3) is 0 Å². The molecule has 142 valence electrons. The zero-order valence-electron chi connectivity index (χ0n) is 16.1. The van der Waals surface area contributed by atoms with E-state index in [0.717, 1.165) is 12.8 Å². The molecule has 0 saturated carbocycles. The Morgan fingerprint density at radius 3 is 2.54 bits per heavy atom. The zero-order valence-corrected chi connectivity index (χ0v) is 16.1. The highest BCUT2D eigenvalue weighted by molar-refractivity contribution is 5.82. The molecule has 0 aromatic heterocycles. The number of rotatable bonds is 5. The summed E-state index contributed by atoms with van der Waals surface area (Å²) in [6.07, 6.45) is 6.23. The van der Waals surface area contributed by atoms with Gasteiger partial charge in [-0.3, -0.25) is 4.90 Å². The van der Waals surface area contributed by atoms with Crippen LogP contribution in [0.2, 0.25) is 0 Å². The van der Waals surface area contributed by atoms with Gasteiger partial charge >= 0.3 is 12.1 Å². The van der Waals surface area contributed by atoms with Gasteiger partial charge < -0.3 is 9.47 Å². The van der Waals surface area contributed by atoms with Gasteiger partial charge in [-0.25, -0.2) is 9.59 Å². The standard InChI is InChI=1S/C21H29NO4/c1-21(2,3)26-20(24)22-15-17(14-18(22)19(23)25-4)13-9-8-12-16-10-6-5-7-11-16/h5-7,9-11,13,17-18H,8,12,14-15H2,1-4H3/b13-9+/t17-,18-/m0/s1. The molecule has 0 unspecified atom stereocenters. The number of hydrogen-bond acceptors (Lipinski definition) is 4. The summed E-state index contributed by atoms with van der Waals surface area (Å²) in [5, 5.41) is 0. The molecule has 1 fully saturated rings. The van der Waals surface area contributed by atoms with E-state index in [1.807, 2.05) is 39.0 Å². The Bertz CT molecular complexity index is 633. The number of esters is 1. The van der Waals surface area contributed by atoms with Crippen LogP contribution in [-0.2, 0) is 20.7 Å². The molecule has 2 rings (SSSR count). The maximum atomic E-state index is 12.4. The SMILES string of the molecule is COC(=O)[C@@H]1C[C@H](/C=C/CCc2ccccc2)CN1C(=O)OC(C)(C)C. The van der Waals surface area contributed by atoms with E-state index in [1.165, 1.54) is 17.6 Å². The van der Waals surface area contributed by atoms with Crippen molar-refractivity contribution >= 4 is 12.1 Å². The average Bonchev–Trinajstić information content (AvgIpc) is 3.02. The van der Waals surface area contributed by atoms with Gasteiger partial charge in [0.05, 0.1) is 7.11 Å². The average molecular weight is 359 g/mol. The van der Waals surface area contributed by atoms with E-state index in [0.29, 0.717) is 13.0 Å². The van der Waals surface area contributed by atoms with Crippen molar-refractivity contribution in [3.63, 3.8) is 0 Å². The first-order chi connectivity index (χ1) is 12.3. The maximum Gasteiger partial charge on any atom is 0.411 e. The first kappa shape index (κ1) is 20.0. The highest BCUT2D eigenvalue weighted by Gasteiger charge is 2.41. The van der Waals surface area contributed by atoms with Crippen LogP contribution < -0.4 is 0 Å². The van der Waals surface area contributed by atoms with Crippen LogP contribution in [0.4, 0.5) is 4.79 Å². The molecule has 26 heavy (non-hydrogen) atoms. The summed E-state index contributed by atoms with van der Waals surface area (Å²) in [7, 11) is 1.35. The Morgan fingerprint density at radius 1 is 1.23 bits per heavy atom. The second kappa shape index (κ2) is 8.88. The molecule has 0 bridgehead atoms. The van der Waals surface area contributed by atoms with Crippen molar-refractivity contribution in [1.29, 1.82) is 0 Å². The smallest absolute Gasteiger partial charge is 0.411 e. The molecular weight excluding hydrogens is 330 g/mol. The lowest BCUT2D eigenvalue weighted by atomic mass is 10.0. The summed E-state index contributed by atoms with van der Waals surface area (Å²) in [6, 6.07) is 9.72. The van der Waals surface area contributed by atoms with Gasteiger partial charge in [0.2, 0.25) is 0 Å². The Morgan fingerprint density at radius 2 is 1.92 bits per heavy atom. The number of likely N-dealkylation sites (tertiary alicyclic amines) is 1. The fraction of sp³-hybridized carbons (Fsp3) is 0.524. The largest absolute Gasteiger partial charge is 0.467 e. The molecule has 5 nitrogen and oxygen atoms in total. The van der Waals surface area contributed by atoms with Crippen molar-refractivity contribution in [3.8, 4) is 0 Å². The minimum atomic E-state index is -0.596. The van der Waals surface area contributed by atoms with Gasteiger partial charge in [0.1, 0.15) is 11.6 Å². The molecule has 1 aromatic rings. The Kier molecular flexibility index (Phi) is 6.83. The zero-order chi connectivity index (χ0) is 19.2. The number of nitrogens with zero attached hydrogens (tertiary/aromatic N) is 1. The third kappa shape index (κ3) is 5.90. The first-order valence-electron chi connectivity index (χ1n) is 9.08. The predicted octanol–water partition coefficient (Wildman–Crippen LogP) is 3.97. The van der Waals surface area contributed by atoms with E-state index in [9.17, 15) is 9.59 Å². The number of carbonyl (C=O) groups is 2. The lowest BCUT2D eigenvalue weighted by Crippen LogP contribution is -2.43. The van der Waals surface area contributed by atoms with Crippen molar-refractivity contribution in [2.24, 2.45) is 5.92 Å². The van der Waals surface area contributed by atoms with Crippen molar-refractivity contribution in [3.05, 3.63) is 48.0 Å². The van der Waals surface area contributed by atoms with E-state index >= 15 is 0 Å². The third-order valence-electron chi connectivity index (χ3n) is 4.29. The quantitative estimate of drug-likeness (QED) is 0.589. The van der Waals surface area contributed by atoms with Crippen LogP contribution in [-0.4, -0.2) is 42.3 Å². The molecule has 1 aromatic carbocycles. The molecule has 1 aliphatic heterocycles. The number of benzene rings is 1. The van der Waals surface area contributed by atoms with E-state index in [4.69, 9.17) is 9.47 Å². The molecule has 0 radical (unpaired) electrons. The van der Waals surface area contributed by atoms with E-state index in [1.54, 1.807) is 0 Å². The van der Waals surface area contributed by atoms with Crippen LogP contribution >= 0.6 is 0 Å². The number of methoxy groups -OCH3 is 1. The number of amides is 1. The van der Waals surface area contributed by atoms with Crippen molar-refractivity contribution < 1.29 is 19.1 Å². The molecule has 0 N–H and O–H groups in total. The predicted molar refractivity (Wildman–Crippen MR) is 101 cm³/mol. The maximum absolute atomic E-state index is 12.4. The number of ether oxygens (including phenoxy) is 2. The van der Waals surface area contributed by atoms with Gasteiger partial charge in [0.15, 0.2) is 0 Å². The molecule has 1 amide bonds. The molecule has 1 aliphatic rings. The van der Waals surface area contributed by atoms with Crippen LogP contribution in [0.15, 0.2) is 42.5 Å². The monoisotopic (exact) mass is 359 g/mol. The van der Waals surface area contributed by atoms with Crippen LogP contribution in [0.5, 0.6) is 0 Å². The summed E-state index contributed by atoms with van der Waals surface area (Å²) in [6.45, 7) is 5.91. The van der Waals surface area contributed by atoms with Crippen LogP contribution in [0.25, 0.3) is 0 Å². The van der Waals surface area contributed by atoms with Gasteiger partial charge in [-0.15, -0.1) is 0 Å². The second-order valence-electron chi connectivity index (χ2n) is 7.62. The van der Waals surface area contributed by atoms with Gasteiger partial charge in [-0.05, 0) is 51.5 Å². The third-order valence-corrected chi connectivity index (χ3v) is 4.29. The number of allylic oxidation sites excluding steroid dienone is 1. The molecular formula is C21H29NO4. The van der Waals surface area contributed by atoms with E-state index in [-0.39, 0.29) is 5.92 Å². The highest BCUT2D eigenvalue weighted by atomic mass is 16.6. The fourth-order valence-electron chi connectivity index (χ4n) is 3.07. The van der Waals surface area contributed by atoms with Crippen LogP contribution in [0.3, 0.4) is 0 Å². The molecule has 1 heterocycles. The minimum Gasteiger partial charge on any atom is -0.467 e. The summed E-state index contributed by atoms with van der Waals surface area (Å²) in [4.78, 5) is 26.0. The molecule has 0 spiro atoms. The Hall–Kier alpha value is -2.30. The van der Waals surface area contributed by atoms with Crippen molar-refractivity contribution in [2.45, 2.75) is 51.7 Å². The fourth-order valence-corrected chi connectivity index (χ4v) is 3.07. The summed E-state index contributed by atoms with van der Waals surface area (Å²) in [5.74, 6) is -0.265. The summed E-state index contributed by atoms with van der Waals surface area (Å²) >= 11 is 0. The van der Waals surface area contributed by atoms with Crippen molar-refractivity contribution in [1.82, 2.24) is 4.90 Å². The lowest BCUT2D eigenvalue weighted by Gasteiger charge is -2.27. The molecule has 2 atom stereocenters. The number of carbonyl (C=O) groups excluding carboxylic acids is 2. The lowest BCUT2D eigenvalue weighted by molar-refractivity contribution is -0.145. The summed E-state index contributed by atoms with van der Waals surface area (Å²) in [5.41, 5.74) is 0.702. The first-order valence-corrected chi connectivity index (χ1v) is 9.08. The Balaban J connectivity index is 1.94. The number of aryl methyl sites for hydroxylation is 1. The highest BCUT2D eigenvalue weighted by Crippen LogP contribution is 2.27. The van der Waals surface area contributed by atoms with E-state index in [2.05, 4.69) is 24.3 Å². The topological polar surface area (TPSA) is 55.8 Å². The van der Waals surface area contributed by atoms with Gasteiger partial charge in [-0.1, -0.05) is 42.5 Å². The van der Waals surface area contributed by atoms with E-state index < -0.39 is 23.7 Å². The van der Waals surface area contributed by atoms with Crippen molar-refractivity contribution in [2.75, 3.05) is 13.7 Å². The second-order valence-corrected chi connectivity index (χ2v) is 7.62. The minimum absolute atomic E-state index is 0.127.